The first kappa shape index (κ1) is 20.8. The van der Waals surface area contributed by atoms with E-state index in [9.17, 15) is 16.8 Å². The van der Waals surface area contributed by atoms with Gasteiger partial charge in [0.05, 0.1) is 46.8 Å². The van der Waals surface area contributed by atoms with Crippen molar-refractivity contribution in [2.24, 2.45) is 11.8 Å². The van der Waals surface area contributed by atoms with Crippen molar-refractivity contribution in [2.75, 3.05) is 18.1 Å². The number of sulfone groups is 1. The Balaban J connectivity index is 2.56. The highest BCUT2D eigenvalue weighted by Crippen LogP contribution is 2.33. The van der Waals surface area contributed by atoms with Gasteiger partial charge in [0.2, 0.25) is 10.0 Å². The molecule has 0 aliphatic heterocycles. The van der Waals surface area contributed by atoms with Gasteiger partial charge in [0.25, 0.3) is 0 Å². The second kappa shape index (κ2) is 8.77. The minimum absolute atomic E-state index is 0.0487. The number of rotatable bonds is 8. The Labute approximate surface area is 143 Å². The van der Waals surface area contributed by atoms with Gasteiger partial charge >= 0.3 is 0 Å². The van der Waals surface area contributed by atoms with Gasteiger partial charge in [-0.1, -0.05) is 0 Å². The van der Waals surface area contributed by atoms with Gasteiger partial charge in [-0.3, -0.25) is 0 Å². The summed E-state index contributed by atoms with van der Waals surface area (Å²) in [5.74, 6) is -1.65. The molecule has 1 saturated carbocycles. The number of nitrogens with one attached hydrogen (secondary N) is 1. The highest BCUT2D eigenvalue weighted by Gasteiger charge is 2.37. The van der Waals surface area contributed by atoms with Gasteiger partial charge in [-0.15, -0.1) is 0 Å². The zero-order valence-electron chi connectivity index (χ0n) is 13.6. The third-order valence-electron chi connectivity index (χ3n) is 4.08. The van der Waals surface area contributed by atoms with Crippen molar-refractivity contribution in [2.45, 2.75) is 44.0 Å². The molecule has 0 aromatic rings. The lowest BCUT2D eigenvalue weighted by molar-refractivity contribution is 0.198. The van der Waals surface area contributed by atoms with Crippen LogP contribution in [0.15, 0.2) is 0 Å². The van der Waals surface area contributed by atoms with E-state index < -0.39 is 43.1 Å². The molecule has 2 N–H and O–H groups in total. The lowest BCUT2D eigenvalue weighted by Gasteiger charge is -2.28. The summed E-state index contributed by atoms with van der Waals surface area (Å²) >= 11 is 0. The summed E-state index contributed by atoms with van der Waals surface area (Å²) in [5.41, 5.74) is 0. The van der Waals surface area contributed by atoms with Crippen LogP contribution >= 0.6 is 0 Å². The molecule has 0 aromatic carbocycles. The second-order valence-corrected chi connectivity index (χ2v) is 10.5. The van der Waals surface area contributed by atoms with Crippen LogP contribution < -0.4 is 4.72 Å². The highest BCUT2D eigenvalue weighted by atomic mass is 32.2. The van der Waals surface area contributed by atoms with Gasteiger partial charge in [0.15, 0.2) is 9.84 Å². The van der Waals surface area contributed by atoms with Crippen LogP contribution in [0.1, 0.15) is 32.6 Å². The molecule has 0 radical (unpaired) electrons. The second-order valence-electron chi connectivity index (χ2n) is 6.14. The van der Waals surface area contributed by atoms with E-state index in [4.69, 9.17) is 15.6 Å². The van der Waals surface area contributed by atoms with Crippen LogP contribution in [0.3, 0.4) is 0 Å². The largest absolute Gasteiger partial charge is 0.392 e. The summed E-state index contributed by atoms with van der Waals surface area (Å²) in [6, 6.07) is 4.04. The molecule has 0 aromatic heterocycles. The van der Waals surface area contributed by atoms with Crippen LogP contribution in [0.4, 0.5) is 0 Å². The molecule has 1 aliphatic rings. The molecule has 8 nitrogen and oxygen atoms in total. The van der Waals surface area contributed by atoms with Gasteiger partial charge in [0, 0.05) is 6.54 Å². The van der Waals surface area contributed by atoms with E-state index in [-0.39, 0.29) is 30.9 Å². The molecule has 10 heteroatoms. The maximum Gasteiger partial charge on any atom is 0.211 e. The molecule has 0 saturated heterocycles. The van der Waals surface area contributed by atoms with Gasteiger partial charge in [-0.05, 0) is 32.6 Å². The standard InChI is InChI=1S/C14H23N3O5S2/c1-11(18)10-17-24(21,22)6-2-5-23(19,20)14-4-3-12(8-15)13(7-14)9-16/h11-14,17-18H,2-7,10H2,1H3. The van der Waals surface area contributed by atoms with Crippen LogP contribution in [0.5, 0.6) is 0 Å². The van der Waals surface area contributed by atoms with Crippen LogP contribution in [-0.2, 0) is 19.9 Å². The van der Waals surface area contributed by atoms with E-state index in [0.29, 0.717) is 12.8 Å². The Hall–Kier alpha value is -1.20. The summed E-state index contributed by atoms with van der Waals surface area (Å²) < 4.78 is 50.3. The lowest BCUT2D eigenvalue weighted by Crippen LogP contribution is -2.35. The van der Waals surface area contributed by atoms with Crippen LogP contribution in [0.25, 0.3) is 0 Å². The SMILES string of the molecule is CC(O)CNS(=O)(=O)CCCS(=O)(=O)C1CCC(C#N)C(C#N)C1. The molecule has 4 atom stereocenters. The summed E-state index contributed by atoms with van der Waals surface area (Å²) in [7, 11) is -7.14. The Morgan fingerprint density at radius 3 is 2.29 bits per heavy atom. The molecular weight excluding hydrogens is 354 g/mol. The Kier molecular flexibility index (Phi) is 7.61. The summed E-state index contributed by atoms with van der Waals surface area (Å²) in [6.07, 6.45) is -0.0444. The van der Waals surface area contributed by atoms with E-state index >= 15 is 0 Å². The first-order valence-corrected chi connectivity index (χ1v) is 11.1. The van der Waals surface area contributed by atoms with E-state index in [0.717, 1.165) is 0 Å². The summed E-state index contributed by atoms with van der Waals surface area (Å²) in [5, 5.41) is 26.4. The zero-order valence-corrected chi connectivity index (χ0v) is 15.2. The minimum atomic E-state index is -3.63. The van der Waals surface area contributed by atoms with Gasteiger partial charge in [-0.25, -0.2) is 21.6 Å². The lowest BCUT2D eigenvalue weighted by atomic mass is 9.81. The number of hydrogen-bond acceptors (Lipinski definition) is 7. The van der Waals surface area contributed by atoms with Crippen LogP contribution in [0, 0.1) is 34.5 Å². The molecule has 1 rings (SSSR count). The van der Waals surface area contributed by atoms with E-state index in [1.165, 1.54) is 6.92 Å². The summed E-state index contributed by atoms with van der Waals surface area (Å²) in [6.45, 7) is 1.33. The van der Waals surface area contributed by atoms with Gasteiger partial charge < -0.3 is 5.11 Å². The van der Waals surface area contributed by atoms with Crippen LogP contribution in [-0.4, -0.2) is 51.3 Å². The first-order chi connectivity index (χ1) is 11.1. The number of nitriles is 2. The smallest absolute Gasteiger partial charge is 0.211 e. The molecule has 0 amide bonds. The fourth-order valence-corrected chi connectivity index (χ4v) is 5.91. The molecule has 24 heavy (non-hydrogen) atoms. The van der Waals surface area contributed by atoms with Crippen molar-refractivity contribution < 1.29 is 21.9 Å². The molecule has 4 unspecified atom stereocenters. The van der Waals surface area contributed by atoms with Crippen LogP contribution in [0.2, 0.25) is 0 Å². The number of hydrogen-bond donors (Lipinski definition) is 2. The number of aliphatic hydroxyl groups excluding tert-OH is 1. The van der Waals surface area contributed by atoms with Crippen molar-refractivity contribution in [1.82, 2.24) is 4.72 Å². The van der Waals surface area contributed by atoms with Gasteiger partial charge in [0.1, 0.15) is 0 Å². The Bertz CT molecular complexity index is 704. The molecule has 1 aliphatic carbocycles. The maximum absolute atomic E-state index is 12.3. The van der Waals surface area contributed by atoms with E-state index in [2.05, 4.69) is 4.72 Å². The maximum atomic E-state index is 12.3. The predicted octanol–water partition coefficient (Wildman–Crippen LogP) is -0.0764. The topological polar surface area (TPSA) is 148 Å². The minimum Gasteiger partial charge on any atom is -0.392 e. The van der Waals surface area contributed by atoms with Crippen molar-refractivity contribution in [3.8, 4) is 12.1 Å². The van der Waals surface area contributed by atoms with Gasteiger partial charge in [-0.2, -0.15) is 10.5 Å². The first-order valence-electron chi connectivity index (χ1n) is 7.77. The Morgan fingerprint density at radius 2 is 1.75 bits per heavy atom. The fraction of sp³-hybridized carbons (Fsp3) is 0.857. The average Bonchev–Trinajstić information content (AvgIpc) is 2.52. The van der Waals surface area contributed by atoms with E-state index in [1.54, 1.807) is 0 Å². The van der Waals surface area contributed by atoms with Crippen molar-refractivity contribution in [3.63, 3.8) is 0 Å². The molecule has 0 heterocycles. The Morgan fingerprint density at radius 1 is 1.12 bits per heavy atom. The number of sulfonamides is 1. The molecule has 0 bridgehead atoms. The van der Waals surface area contributed by atoms with Crippen molar-refractivity contribution >= 4 is 19.9 Å². The molecule has 0 spiro atoms. The average molecular weight is 377 g/mol. The monoisotopic (exact) mass is 377 g/mol. The number of aliphatic hydroxyl groups is 1. The third kappa shape index (κ3) is 6.36. The highest BCUT2D eigenvalue weighted by molar-refractivity contribution is 7.92. The van der Waals surface area contributed by atoms with Crippen molar-refractivity contribution in [3.05, 3.63) is 0 Å². The molecular formula is C14H23N3O5S2. The quantitative estimate of drug-likeness (QED) is 0.601. The number of nitrogens with zero attached hydrogens (tertiary/aromatic N) is 2. The normalized spacial score (nSPS) is 26.2. The third-order valence-corrected chi connectivity index (χ3v) is 7.82. The zero-order chi connectivity index (χ0) is 18.4. The fourth-order valence-electron chi connectivity index (χ4n) is 2.69. The predicted molar refractivity (Wildman–Crippen MR) is 87.7 cm³/mol. The summed E-state index contributed by atoms with van der Waals surface area (Å²) in [4.78, 5) is 0. The molecule has 1 fully saturated rings. The molecule has 136 valence electrons. The van der Waals surface area contributed by atoms with Crippen molar-refractivity contribution in [1.29, 1.82) is 10.5 Å². The van der Waals surface area contributed by atoms with E-state index in [1.807, 2.05) is 12.1 Å².